The van der Waals surface area contributed by atoms with E-state index in [0.717, 1.165) is 21.2 Å². The third-order valence-electron chi connectivity index (χ3n) is 5.33. The van der Waals surface area contributed by atoms with Crippen LogP contribution in [0, 0.1) is 0 Å². The maximum absolute atomic E-state index is 13.7. The van der Waals surface area contributed by atoms with Gasteiger partial charge in [-0.05, 0) is 55.7 Å². The summed E-state index contributed by atoms with van der Waals surface area (Å²) in [6, 6.07) is 24.2. The normalized spacial score (nSPS) is 12.1. The zero-order chi connectivity index (χ0) is 24.7. The van der Waals surface area contributed by atoms with Gasteiger partial charge < -0.3 is 10.2 Å². The van der Waals surface area contributed by atoms with E-state index < -0.39 is 11.6 Å². The molecule has 2 amide bonds. The second-order valence-electron chi connectivity index (χ2n) is 9.36. The first-order valence-corrected chi connectivity index (χ1v) is 12.4. The van der Waals surface area contributed by atoms with E-state index in [1.807, 2.05) is 93.6 Å². The van der Waals surface area contributed by atoms with Gasteiger partial charge in [-0.25, -0.2) is 0 Å². The van der Waals surface area contributed by atoms with Crippen molar-refractivity contribution in [1.82, 2.24) is 10.2 Å². The van der Waals surface area contributed by atoms with Gasteiger partial charge in [0, 0.05) is 28.0 Å². The Morgan fingerprint density at radius 2 is 1.53 bits per heavy atom. The minimum atomic E-state index is -0.680. The first-order chi connectivity index (χ1) is 16.1. The summed E-state index contributed by atoms with van der Waals surface area (Å²) in [6.07, 6.45) is 0.526. The van der Waals surface area contributed by atoms with Crippen LogP contribution in [0.2, 0.25) is 5.02 Å². The zero-order valence-electron chi connectivity index (χ0n) is 19.7. The van der Waals surface area contributed by atoms with E-state index >= 15 is 0 Å². The summed E-state index contributed by atoms with van der Waals surface area (Å²) in [5.74, 6) is -0.331. The molecule has 0 bridgehead atoms. The number of nitrogens with one attached hydrogen (secondary N) is 1. The number of nitrogens with zero attached hydrogens (tertiary/aromatic N) is 1. The van der Waals surface area contributed by atoms with Gasteiger partial charge in [0.15, 0.2) is 0 Å². The lowest BCUT2D eigenvalue weighted by molar-refractivity contribution is -0.141. The molecular formula is C28H30BrClN2O2. The summed E-state index contributed by atoms with van der Waals surface area (Å²) in [5, 5.41) is 3.62. The molecular weight excluding hydrogens is 512 g/mol. The van der Waals surface area contributed by atoms with Gasteiger partial charge in [-0.15, -0.1) is 0 Å². The van der Waals surface area contributed by atoms with Crippen LogP contribution in [-0.2, 0) is 29.0 Å². The van der Waals surface area contributed by atoms with E-state index in [4.69, 9.17) is 11.6 Å². The standard InChI is InChI=1S/C28H30BrClN2O2/c1-28(2,3)31-27(34)25(17-20-9-5-4-6-10-20)32(19-21-13-15-23(29)16-14-21)26(33)18-22-11-7-8-12-24(22)30/h4-16,25H,17-19H2,1-3H3,(H,31,34)/t25-/m0/s1. The molecule has 0 fully saturated rings. The molecule has 0 saturated heterocycles. The molecule has 0 spiro atoms. The van der Waals surface area contributed by atoms with Crippen molar-refractivity contribution < 1.29 is 9.59 Å². The Hall–Kier alpha value is -2.63. The fourth-order valence-corrected chi connectivity index (χ4v) is 4.17. The molecule has 0 unspecified atom stereocenters. The van der Waals surface area contributed by atoms with Gasteiger partial charge in [-0.2, -0.15) is 0 Å². The predicted molar refractivity (Wildman–Crippen MR) is 142 cm³/mol. The summed E-state index contributed by atoms with van der Waals surface area (Å²) in [6.45, 7) is 6.13. The number of benzene rings is 3. The molecule has 0 aliphatic rings. The maximum atomic E-state index is 13.7. The van der Waals surface area contributed by atoms with Crippen molar-refractivity contribution in [3.63, 3.8) is 0 Å². The van der Waals surface area contributed by atoms with Crippen LogP contribution in [0.3, 0.4) is 0 Å². The third-order valence-corrected chi connectivity index (χ3v) is 6.23. The van der Waals surface area contributed by atoms with Crippen molar-refractivity contribution in [3.05, 3.63) is 105 Å². The van der Waals surface area contributed by atoms with E-state index in [2.05, 4.69) is 21.2 Å². The topological polar surface area (TPSA) is 49.4 Å². The molecule has 0 saturated carbocycles. The SMILES string of the molecule is CC(C)(C)NC(=O)[C@H](Cc1ccccc1)N(Cc1ccc(Br)cc1)C(=O)Cc1ccccc1Cl. The maximum Gasteiger partial charge on any atom is 0.243 e. The molecule has 0 aromatic heterocycles. The monoisotopic (exact) mass is 540 g/mol. The second-order valence-corrected chi connectivity index (χ2v) is 10.7. The summed E-state index contributed by atoms with van der Waals surface area (Å²) in [7, 11) is 0. The van der Waals surface area contributed by atoms with E-state index in [1.54, 1.807) is 11.0 Å². The Balaban J connectivity index is 1.99. The van der Waals surface area contributed by atoms with Crippen molar-refractivity contribution in [2.75, 3.05) is 0 Å². The molecule has 1 atom stereocenters. The molecule has 3 aromatic carbocycles. The van der Waals surface area contributed by atoms with Crippen LogP contribution in [0.4, 0.5) is 0 Å². The van der Waals surface area contributed by atoms with Gasteiger partial charge in [-0.3, -0.25) is 9.59 Å². The number of halogens is 2. The fourth-order valence-electron chi connectivity index (χ4n) is 3.70. The molecule has 6 heteroatoms. The quantitative estimate of drug-likeness (QED) is 0.369. The van der Waals surface area contributed by atoms with Gasteiger partial charge in [0.2, 0.25) is 11.8 Å². The fraction of sp³-hybridized carbons (Fsp3) is 0.286. The molecule has 178 valence electrons. The van der Waals surface area contributed by atoms with Gasteiger partial charge in [0.1, 0.15) is 6.04 Å². The smallest absolute Gasteiger partial charge is 0.243 e. The van der Waals surface area contributed by atoms with Crippen LogP contribution in [-0.4, -0.2) is 28.3 Å². The molecule has 0 aliphatic heterocycles. The summed E-state index contributed by atoms with van der Waals surface area (Å²) in [4.78, 5) is 28.9. The molecule has 0 aliphatic carbocycles. The molecule has 3 rings (SSSR count). The van der Waals surface area contributed by atoms with Gasteiger partial charge >= 0.3 is 0 Å². The predicted octanol–water partition coefficient (Wildman–Crippen LogP) is 6.20. The average molecular weight is 542 g/mol. The molecule has 1 N–H and O–H groups in total. The Morgan fingerprint density at radius 3 is 2.15 bits per heavy atom. The summed E-state index contributed by atoms with van der Waals surface area (Å²) >= 11 is 9.82. The van der Waals surface area contributed by atoms with Crippen molar-refractivity contribution in [1.29, 1.82) is 0 Å². The second kappa shape index (κ2) is 11.7. The van der Waals surface area contributed by atoms with Gasteiger partial charge in [0.25, 0.3) is 0 Å². The van der Waals surface area contributed by atoms with Crippen LogP contribution >= 0.6 is 27.5 Å². The minimum absolute atomic E-state index is 0.115. The van der Waals surface area contributed by atoms with Crippen molar-refractivity contribution in [2.45, 2.75) is 51.7 Å². The molecule has 0 radical (unpaired) electrons. The zero-order valence-corrected chi connectivity index (χ0v) is 22.1. The highest BCUT2D eigenvalue weighted by atomic mass is 79.9. The number of carbonyl (C=O) groups is 2. The van der Waals surface area contributed by atoms with Crippen LogP contribution in [0.5, 0.6) is 0 Å². The highest BCUT2D eigenvalue weighted by Gasteiger charge is 2.32. The Kier molecular flexibility index (Phi) is 8.92. The molecule has 3 aromatic rings. The Labute approximate surface area is 215 Å². The van der Waals surface area contributed by atoms with E-state index in [-0.39, 0.29) is 18.2 Å². The van der Waals surface area contributed by atoms with E-state index in [9.17, 15) is 9.59 Å². The number of carbonyl (C=O) groups excluding carboxylic acids is 2. The lowest BCUT2D eigenvalue weighted by atomic mass is 10.00. The first kappa shape index (κ1) is 26.0. The van der Waals surface area contributed by atoms with Crippen LogP contribution in [0.1, 0.15) is 37.5 Å². The minimum Gasteiger partial charge on any atom is -0.350 e. The highest BCUT2D eigenvalue weighted by molar-refractivity contribution is 9.10. The summed E-state index contributed by atoms with van der Waals surface area (Å²) < 4.78 is 0.955. The largest absolute Gasteiger partial charge is 0.350 e. The van der Waals surface area contributed by atoms with E-state index in [1.165, 1.54) is 0 Å². The molecule has 4 nitrogen and oxygen atoms in total. The number of amides is 2. The van der Waals surface area contributed by atoms with Crippen LogP contribution in [0.15, 0.2) is 83.3 Å². The average Bonchev–Trinajstić information content (AvgIpc) is 2.78. The summed E-state index contributed by atoms with van der Waals surface area (Å²) in [5.41, 5.74) is 2.24. The molecule has 34 heavy (non-hydrogen) atoms. The Morgan fingerprint density at radius 1 is 0.912 bits per heavy atom. The number of hydrogen-bond acceptors (Lipinski definition) is 2. The number of hydrogen-bond donors (Lipinski definition) is 1. The van der Waals surface area contributed by atoms with E-state index in [0.29, 0.717) is 18.0 Å². The van der Waals surface area contributed by atoms with Crippen LogP contribution < -0.4 is 5.32 Å². The third kappa shape index (κ3) is 7.71. The van der Waals surface area contributed by atoms with Gasteiger partial charge in [0.05, 0.1) is 6.42 Å². The lowest BCUT2D eigenvalue weighted by Gasteiger charge is -2.34. The number of rotatable bonds is 8. The lowest BCUT2D eigenvalue weighted by Crippen LogP contribution is -2.54. The first-order valence-electron chi connectivity index (χ1n) is 11.3. The van der Waals surface area contributed by atoms with Crippen molar-refractivity contribution in [2.24, 2.45) is 0 Å². The Bertz CT molecular complexity index is 1110. The van der Waals surface area contributed by atoms with Gasteiger partial charge in [-0.1, -0.05) is 88.2 Å². The highest BCUT2D eigenvalue weighted by Crippen LogP contribution is 2.21. The van der Waals surface area contributed by atoms with Crippen molar-refractivity contribution in [3.8, 4) is 0 Å². The van der Waals surface area contributed by atoms with Crippen LogP contribution in [0.25, 0.3) is 0 Å². The molecule has 0 heterocycles. The van der Waals surface area contributed by atoms with Crippen molar-refractivity contribution >= 4 is 39.3 Å².